The SMILES string of the molecule is CC[C@@H](NC(=O)c1cc(-c2cnn(C)c2)nc2ccccc12)c1c(C)nn(CC)c1C. The molecule has 7 heteroatoms. The largest absolute Gasteiger partial charge is 0.345 e. The Balaban J connectivity index is 1.75. The number of fused-ring (bicyclic) bond motifs is 1. The molecule has 160 valence electrons. The molecule has 4 aromatic rings. The van der Waals surface area contributed by atoms with Crippen LogP contribution in [0.25, 0.3) is 22.2 Å². The third-order valence-corrected chi connectivity index (χ3v) is 5.76. The lowest BCUT2D eigenvalue weighted by Gasteiger charge is -2.19. The van der Waals surface area contributed by atoms with Crippen molar-refractivity contribution in [3.8, 4) is 11.3 Å². The van der Waals surface area contributed by atoms with Crippen LogP contribution in [0.4, 0.5) is 0 Å². The van der Waals surface area contributed by atoms with E-state index < -0.39 is 0 Å². The molecule has 1 amide bonds. The number of benzene rings is 1. The lowest BCUT2D eigenvalue weighted by molar-refractivity contribution is 0.0937. The maximum Gasteiger partial charge on any atom is 0.252 e. The van der Waals surface area contributed by atoms with Crippen LogP contribution in [0.5, 0.6) is 0 Å². The number of amides is 1. The number of pyridine rings is 1. The number of nitrogens with one attached hydrogen (secondary N) is 1. The number of para-hydroxylation sites is 1. The van der Waals surface area contributed by atoms with E-state index in [4.69, 9.17) is 4.98 Å². The molecule has 0 spiro atoms. The smallest absolute Gasteiger partial charge is 0.252 e. The van der Waals surface area contributed by atoms with Crippen LogP contribution < -0.4 is 5.32 Å². The van der Waals surface area contributed by atoms with Crippen LogP contribution in [0.1, 0.15) is 53.6 Å². The third-order valence-electron chi connectivity index (χ3n) is 5.76. The molecule has 0 unspecified atom stereocenters. The Kier molecular flexibility index (Phi) is 5.59. The number of hydrogen-bond acceptors (Lipinski definition) is 4. The van der Waals surface area contributed by atoms with Crippen molar-refractivity contribution in [3.63, 3.8) is 0 Å². The molecule has 0 saturated heterocycles. The molecule has 0 aliphatic rings. The van der Waals surface area contributed by atoms with E-state index in [9.17, 15) is 4.79 Å². The minimum atomic E-state index is -0.112. The Morgan fingerprint density at radius 3 is 2.61 bits per heavy atom. The summed E-state index contributed by atoms with van der Waals surface area (Å²) in [5.41, 5.74) is 6.17. The molecule has 1 N–H and O–H groups in total. The second-order valence-electron chi connectivity index (χ2n) is 7.81. The third kappa shape index (κ3) is 3.83. The van der Waals surface area contributed by atoms with E-state index in [1.54, 1.807) is 10.9 Å². The maximum atomic E-state index is 13.5. The van der Waals surface area contributed by atoms with E-state index in [1.165, 1.54) is 0 Å². The number of rotatable bonds is 6. The molecule has 7 nitrogen and oxygen atoms in total. The lowest BCUT2D eigenvalue weighted by atomic mass is 10.0. The van der Waals surface area contributed by atoms with Crippen LogP contribution in [0, 0.1) is 13.8 Å². The van der Waals surface area contributed by atoms with Crippen molar-refractivity contribution in [2.75, 3.05) is 0 Å². The minimum absolute atomic E-state index is 0.110. The molecule has 0 radical (unpaired) electrons. The van der Waals surface area contributed by atoms with Gasteiger partial charge in [0.2, 0.25) is 0 Å². The molecule has 1 atom stereocenters. The zero-order valence-electron chi connectivity index (χ0n) is 18.7. The summed E-state index contributed by atoms with van der Waals surface area (Å²) < 4.78 is 3.72. The van der Waals surface area contributed by atoms with E-state index in [0.717, 1.165) is 52.1 Å². The molecular formula is C24H28N6O. The first kappa shape index (κ1) is 20.8. The second-order valence-corrected chi connectivity index (χ2v) is 7.81. The Morgan fingerprint density at radius 1 is 1.19 bits per heavy atom. The van der Waals surface area contributed by atoms with Gasteiger partial charge in [0.05, 0.1) is 34.7 Å². The summed E-state index contributed by atoms with van der Waals surface area (Å²) in [6, 6.07) is 9.49. The number of nitrogens with zero attached hydrogens (tertiary/aromatic N) is 5. The number of aryl methyl sites for hydroxylation is 3. The molecule has 0 aliphatic heterocycles. The Hall–Kier alpha value is -3.48. The predicted octanol–water partition coefficient (Wildman–Crippen LogP) is 4.35. The van der Waals surface area contributed by atoms with Gasteiger partial charge in [0.25, 0.3) is 5.91 Å². The summed E-state index contributed by atoms with van der Waals surface area (Å²) in [5, 5.41) is 13.0. The maximum absolute atomic E-state index is 13.5. The van der Waals surface area contributed by atoms with E-state index in [0.29, 0.717) is 5.56 Å². The molecular weight excluding hydrogens is 388 g/mol. The minimum Gasteiger partial charge on any atom is -0.345 e. The Labute approximate surface area is 182 Å². The van der Waals surface area contributed by atoms with Crippen molar-refractivity contribution in [2.24, 2.45) is 7.05 Å². The number of hydrogen-bond donors (Lipinski definition) is 1. The standard InChI is InChI=1S/C24H28N6O/c1-6-20(23-15(3)28-30(7-2)16(23)4)27-24(31)19-12-22(17-13-25-29(5)14-17)26-21-11-9-8-10-18(19)21/h8-14,20H,6-7H2,1-5H3,(H,27,31)/t20-/m1/s1. The van der Waals surface area contributed by atoms with Crippen LogP contribution in [0.3, 0.4) is 0 Å². The monoisotopic (exact) mass is 416 g/mol. The first-order valence-electron chi connectivity index (χ1n) is 10.7. The summed E-state index contributed by atoms with van der Waals surface area (Å²) in [7, 11) is 1.87. The predicted molar refractivity (Wildman–Crippen MR) is 122 cm³/mol. The van der Waals surface area contributed by atoms with Crippen molar-refractivity contribution < 1.29 is 4.79 Å². The van der Waals surface area contributed by atoms with Crippen LogP contribution in [0.2, 0.25) is 0 Å². The number of carbonyl (C=O) groups is 1. The highest BCUT2D eigenvalue weighted by Crippen LogP contribution is 2.28. The van der Waals surface area contributed by atoms with Crippen molar-refractivity contribution in [1.29, 1.82) is 0 Å². The van der Waals surface area contributed by atoms with Gasteiger partial charge in [0.1, 0.15) is 0 Å². The van der Waals surface area contributed by atoms with Gasteiger partial charge in [-0.25, -0.2) is 4.98 Å². The van der Waals surface area contributed by atoms with E-state index >= 15 is 0 Å². The van der Waals surface area contributed by atoms with Crippen LogP contribution in [-0.4, -0.2) is 30.5 Å². The average Bonchev–Trinajstić information content (AvgIpc) is 3.33. The number of aromatic nitrogens is 5. The van der Waals surface area contributed by atoms with Gasteiger partial charge in [0.15, 0.2) is 0 Å². The Bertz CT molecular complexity index is 1250. The summed E-state index contributed by atoms with van der Waals surface area (Å²) in [6.07, 6.45) is 4.44. The molecule has 0 fully saturated rings. The van der Waals surface area contributed by atoms with Crippen molar-refractivity contribution >= 4 is 16.8 Å². The molecule has 3 heterocycles. The van der Waals surface area contributed by atoms with Gasteiger partial charge in [0, 0.05) is 42.0 Å². The first-order chi connectivity index (χ1) is 14.9. The molecule has 1 aromatic carbocycles. The van der Waals surface area contributed by atoms with E-state index in [-0.39, 0.29) is 11.9 Å². The fraction of sp³-hybridized carbons (Fsp3) is 0.333. The van der Waals surface area contributed by atoms with Crippen molar-refractivity contribution in [1.82, 2.24) is 29.9 Å². The van der Waals surface area contributed by atoms with Crippen LogP contribution in [0.15, 0.2) is 42.7 Å². The quantitative estimate of drug-likeness (QED) is 0.507. The fourth-order valence-corrected chi connectivity index (χ4v) is 4.20. The van der Waals surface area contributed by atoms with Crippen LogP contribution >= 0.6 is 0 Å². The van der Waals surface area contributed by atoms with Crippen molar-refractivity contribution in [3.05, 3.63) is 65.2 Å². The molecule has 31 heavy (non-hydrogen) atoms. The zero-order chi connectivity index (χ0) is 22.1. The van der Waals surface area contributed by atoms with Gasteiger partial charge in [-0.1, -0.05) is 25.1 Å². The van der Waals surface area contributed by atoms with Gasteiger partial charge in [-0.05, 0) is 39.3 Å². The molecule has 0 bridgehead atoms. The zero-order valence-corrected chi connectivity index (χ0v) is 18.7. The molecule has 3 aromatic heterocycles. The molecule has 0 saturated carbocycles. The van der Waals surface area contributed by atoms with Gasteiger partial charge in [-0.2, -0.15) is 10.2 Å². The topological polar surface area (TPSA) is 77.6 Å². The average molecular weight is 417 g/mol. The summed E-state index contributed by atoms with van der Waals surface area (Å²) in [6.45, 7) is 9.03. The molecule has 4 rings (SSSR count). The van der Waals surface area contributed by atoms with Crippen molar-refractivity contribution in [2.45, 2.75) is 46.7 Å². The Morgan fingerprint density at radius 2 is 1.97 bits per heavy atom. The summed E-state index contributed by atoms with van der Waals surface area (Å²) in [5.74, 6) is -0.112. The van der Waals surface area contributed by atoms with Gasteiger partial charge in [-0.15, -0.1) is 0 Å². The highest BCUT2D eigenvalue weighted by molar-refractivity contribution is 6.07. The lowest BCUT2D eigenvalue weighted by Crippen LogP contribution is -2.29. The molecule has 0 aliphatic carbocycles. The second kappa shape index (κ2) is 8.34. The van der Waals surface area contributed by atoms with Gasteiger partial charge < -0.3 is 5.32 Å². The normalized spacial score (nSPS) is 12.3. The first-order valence-corrected chi connectivity index (χ1v) is 10.7. The van der Waals surface area contributed by atoms with E-state index in [1.807, 2.05) is 55.2 Å². The van der Waals surface area contributed by atoms with Gasteiger partial charge >= 0.3 is 0 Å². The van der Waals surface area contributed by atoms with Crippen LogP contribution in [-0.2, 0) is 13.6 Å². The highest BCUT2D eigenvalue weighted by Gasteiger charge is 2.23. The highest BCUT2D eigenvalue weighted by atomic mass is 16.1. The van der Waals surface area contributed by atoms with E-state index in [2.05, 4.69) is 36.3 Å². The van der Waals surface area contributed by atoms with Gasteiger partial charge in [-0.3, -0.25) is 14.2 Å². The fourth-order valence-electron chi connectivity index (χ4n) is 4.20. The number of carbonyl (C=O) groups excluding carboxylic acids is 1. The summed E-state index contributed by atoms with van der Waals surface area (Å²) >= 11 is 0. The summed E-state index contributed by atoms with van der Waals surface area (Å²) in [4.78, 5) is 18.3.